The van der Waals surface area contributed by atoms with Crippen LogP contribution in [0.25, 0.3) is 16.3 Å². The normalized spacial score (nSPS) is 15.2. The first-order valence-electron chi connectivity index (χ1n) is 8.14. The van der Waals surface area contributed by atoms with Gasteiger partial charge in [-0.15, -0.1) is 5.10 Å². The molecule has 0 radical (unpaired) electrons. The number of nitrogens with zero attached hydrogens (tertiary/aromatic N) is 3. The molecular weight excluding hydrogens is 290 g/mol. The third-order valence-electron chi connectivity index (χ3n) is 4.96. The van der Waals surface area contributed by atoms with Gasteiger partial charge < -0.3 is 15.1 Å². The number of fused-ring (bicyclic) bond motifs is 3. The van der Waals surface area contributed by atoms with Crippen LogP contribution in [0.15, 0.2) is 24.3 Å². The number of rotatable bonds is 3. The quantitative estimate of drug-likeness (QED) is 0.779. The molecule has 3 heterocycles. The Bertz CT molecular complexity index is 879. The molecule has 1 aromatic carbocycles. The lowest BCUT2D eigenvalue weighted by Crippen LogP contribution is -2.20. The topological polar surface area (TPSA) is 61.0 Å². The summed E-state index contributed by atoms with van der Waals surface area (Å²) in [5, 5.41) is 26.6. The molecular formula is C18H21N3O2. The monoisotopic (exact) mass is 311 g/mol. The summed E-state index contributed by atoms with van der Waals surface area (Å²) in [7, 11) is 0. The largest absolute Gasteiger partial charge is 0.392 e. The third-order valence-corrected chi connectivity index (χ3v) is 4.96. The molecule has 120 valence electrons. The highest BCUT2D eigenvalue weighted by Crippen LogP contribution is 2.34. The zero-order valence-corrected chi connectivity index (χ0v) is 13.3. The van der Waals surface area contributed by atoms with Gasteiger partial charge in [0, 0.05) is 40.7 Å². The first kappa shape index (κ1) is 14.5. The van der Waals surface area contributed by atoms with Gasteiger partial charge in [0.05, 0.1) is 18.7 Å². The summed E-state index contributed by atoms with van der Waals surface area (Å²) in [6, 6.07) is 8.21. The van der Waals surface area contributed by atoms with Gasteiger partial charge in [-0.2, -0.15) is 0 Å². The molecule has 0 saturated carbocycles. The second kappa shape index (κ2) is 5.51. The van der Waals surface area contributed by atoms with Crippen LogP contribution < -0.4 is 4.90 Å². The Kier molecular flexibility index (Phi) is 3.47. The molecule has 2 N–H and O–H groups in total. The number of hydrogen-bond acceptors (Lipinski definition) is 4. The maximum atomic E-state index is 9.84. The average molecular weight is 311 g/mol. The molecule has 0 bridgehead atoms. The van der Waals surface area contributed by atoms with Gasteiger partial charge in [-0.1, -0.05) is 24.3 Å². The minimum atomic E-state index is -0.0953. The molecule has 1 aliphatic heterocycles. The van der Waals surface area contributed by atoms with Crippen LogP contribution in [-0.4, -0.2) is 32.9 Å². The molecule has 3 aromatic rings. The number of aliphatic hydroxyl groups excluding tert-OH is 2. The van der Waals surface area contributed by atoms with E-state index in [-0.39, 0.29) is 13.2 Å². The standard InChI is InChI=1S/C18H21N3O2/c1-12-15(10-22)16(11-23)17-13-6-2-3-7-14(13)18(19-21(12)17)20-8-4-5-9-20/h2-3,6-7,22-23H,4-5,8-11H2,1H3. The lowest BCUT2D eigenvalue weighted by molar-refractivity contribution is 0.261. The van der Waals surface area contributed by atoms with E-state index >= 15 is 0 Å². The smallest absolute Gasteiger partial charge is 0.157 e. The number of benzene rings is 1. The van der Waals surface area contributed by atoms with Crippen molar-refractivity contribution in [3.8, 4) is 0 Å². The van der Waals surface area contributed by atoms with Crippen LogP contribution in [0.2, 0.25) is 0 Å². The zero-order chi connectivity index (χ0) is 16.0. The summed E-state index contributed by atoms with van der Waals surface area (Å²) in [6.07, 6.45) is 2.39. The van der Waals surface area contributed by atoms with Crippen molar-refractivity contribution in [2.24, 2.45) is 0 Å². The number of anilines is 1. The van der Waals surface area contributed by atoms with E-state index in [4.69, 9.17) is 5.10 Å². The van der Waals surface area contributed by atoms with E-state index < -0.39 is 0 Å². The van der Waals surface area contributed by atoms with Gasteiger partial charge >= 0.3 is 0 Å². The van der Waals surface area contributed by atoms with Gasteiger partial charge in [-0.25, -0.2) is 4.52 Å². The Balaban J connectivity index is 2.14. The van der Waals surface area contributed by atoms with E-state index in [9.17, 15) is 10.2 Å². The summed E-state index contributed by atoms with van der Waals surface area (Å²) in [5.41, 5.74) is 3.37. The lowest BCUT2D eigenvalue weighted by atomic mass is 10.1. The number of hydrogen-bond donors (Lipinski definition) is 2. The van der Waals surface area contributed by atoms with Gasteiger partial charge in [-0.05, 0) is 19.8 Å². The molecule has 0 spiro atoms. The minimum Gasteiger partial charge on any atom is -0.392 e. The van der Waals surface area contributed by atoms with Gasteiger partial charge in [0.25, 0.3) is 0 Å². The van der Waals surface area contributed by atoms with E-state index in [1.54, 1.807) is 0 Å². The number of aliphatic hydroxyl groups is 2. The lowest BCUT2D eigenvalue weighted by Gasteiger charge is -2.19. The molecule has 5 nitrogen and oxygen atoms in total. The first-order valence-corrected chi connectivity index (χ1v) is 8.14. The van der Waals surface area contributed by atoms with Crippen LogP contribution in [-0.2, 0) is 13.2 Å². The predicted octanol–water partition coefficient (Wildman–Crippen LogP) is 2.38. The zero-order valence-electron chi connectivity index (χ0n) is 13.3. The van der Waals surface area contributed by atoms with Crippen molar-refractivity contribution in [2.75, 3.05) is 18.0 Å². The van der Waals surface area contributed by atoms with Crippen LogP contribution in [0, 0.1) is 6.92 Å². The van der Waals surface area contributed by atoms with Gasteiger partial charge in [-0.3, -0.25) is 0 Å². The van der Waals surface area contributed by atoms with Crippen molar-refractivity contribution in [3.05, 3.63) is 41.1 Å². The molecule has 23 heavy (non-hydrogen) atoms. The van der Waals surface area contributed by atoms with E-state index in [2.05, 4.69) is 17.0 Å². The molecule has 0 amide bonds. The van der Waals surface area contributed by atoms with Crippen molar-refractivity contribution in [1.82, 2.24) is 9.61 Å². The van der Waals surface area contributed by atoms with Crippen LogP contribution in [0.4, 0.5) is 5.82 Å². The van der Waals surface area contributed by atoms with Crippen molar-refractivity contribution < 1.29 is 10.2 Å². The fourth-order valence-electron chi connectivity index (χ4n) is 3.76. The van der Waals surface area contributed by atoms with E-state index in [1.165, 1.54) is 12.8 Å². The summed E-state index contributed by atoms with van der Waals surface area (Å²) in [4.78, 5) is 2.33. The SMILES string of the molecule is Cc1c(CO)c(CO)c2c3ccccc3c(N3CCCC3)nn12. The van der Waals surface area contributed by atoms with E-state index in [0.29, 0.717) is 0 Å². The molecule has 1 saturated heterocycles. The van der Waals surface area contributed by atoms with E-state index in [1.807, 2.05) is 23.6 Å². The van der Waals surface area contributed by atoms with Crippen molar-refractivity contribution in [2.45, 2.75) is 33.0 Å². The van der Waals surface area contributed by atoms with E-state index in [0.717, 1.165) is 52.0 Å². The van der Waals surface area contributed by atoms with Crippen LogP contribution in [0.5, 0.6) is 0 Å². The molecule has 1 aliphatic rings. The third kappa shape index (κ3) is 2.04. The summed E-state index contributed by atoms with van der Waals surface area (Å²) >= 11 is 0. The molecule has 1 fully saturated rings. The first-order chi connectivity index (χ1) is 11.3. The second-order valence-electron chi connectivity index (χ2n) is 6.18. The van der Waals surface area contributed by atoms with Crippen LogP contribution in [0.1, 0.15) is 29.7 Å². The number of aryl methyl sites for hydroxylation is 1. The second-order valence-corrected chi connectivity index (χ2v) is 6.18. The van der Waals surface area contributed by atoms with Gasteiger partial charge in [0.2, 0.25) is 0 Å². The average Bonchev–Trinajstić information content (AvgIpc) is 3.20. The summed E-state index contributed by atoms with van der Waals surface area (Å²) in [6.45, 7) is 3.83. The Morgan fingerprint density at radius 2 is 1.65 bits per heavy atom. The molecule has 4 rings (SSSR count). The summed E-state index contributed by atoms with van der Waals surface area (Å²) in [5.74, 6) is 0.998. The van der Waals surface area contributed by atoms with Crippen molar-refractivity contribution in [1.29, 1.82) is 0 Å². The molecule has 0 unspecified atom stereocenters. The van der Waals surface area contributed by atoms with Crippen LogP contribution in [0.3, 0.4) is 0 Å². The highest BCUT2D eigenvalue weighted by Gasteiger charge is 2.22. The Morgan fingerprint density at radius 1 is 1.00 bits per heavy atom. The molecule has 0 aliphatic carbocycles. The number of aromatic nitrogens is 2. The Morgan fingerprint density at radius 3 is 2.30 bits per heavy atom. The molecule has 2 aromatic heterocycles. The van der Waals surface area contributed by atoms with Crippen molar-refractivity contribution in [3.63, 3.8) is 0 Å². The van der Waals surface area contributed by atoms with Crippen LogP contribution >= 0.6 is 0 Å². The Hall–Kier alpha value is -2.11. The highest BCUT2D eigenvalue weighted by molar-refractivity contribution is 6.03. The van der Waals surface area contributed by atoms with Gasteiger partial charge in [0.1, 0.15) is 0 Å². The minimum absolute atomic E-state index is 0.0849. The molecule has 5 heteroatoms. The summed E-state index contributed by atoms with van der Waals surface area (Å²) < 4.78 is 1.90. The Labute approximate surface area is 134 Å². The predicted molar refractivity (Wildman–Crippen MR) is 90.7 cm³/mol. The molecule has 0 atom stereocenters. The van der Waals surface area contributed by atoms with Crippen molar-refractivity contribution >= 4 is 22.1 Å². The van der Waals surface area contributed by atoms with Gasteiger partial charge in [0.15, 0.2) is 5.82 Å². The highest BCUT2D eigenvalue weighted by atomic mass is 16.3. The fourth-order valence-corrected chi connectivity index (χ4v) is 3.76. The maximum absolute atomic E-state index is 9.84. The maximum Gasteiger partial charge on any atom is 0.157 e. The fraction of sp³-hybridized carbons (Fsp3) is 0.389.